The first-order valence-corrected chi connectivity index (χ1v) is 8.29. The SMILES string of the molecule is CC1(c2cc(F)ccc2F)NC(=O)N(CCCOc2ccc(F)cc2)C1=O. The summed E-state index contributed by atoms with van der Waals surface area (Å²) < 4.78 is 45.8. The molecule has 0 bridgehead atoms. The molecule has 1 heterocycles. The predicted molar refractivity (Wildman–Crippen MR) is 90.5 cm³/mol. The zero-order valence-electron chi connectivity index (χ0n) is 14.5. The Morgan fingerprint density at radius 1 is 1.04 bits per heavy atom. The van der Waals surface area contributed by atoms with Gasteiger partial charge in [0.1, 0.15) is 28.7 Å². The number of urea groups is 1. The number of hydrogen-bond acceptors (Lipinski definition) is 3. The molecule has 0 aliphatic carbocycles. The molecule has 2 aromatic carbocycles. The van der Waals surface area contributed by atoms with Gasteiger partial charge in [-0.2, -0.15) is 0 Å². The third-order valence-electron chi connectivity index (χ3n) is 4.35. The van der Waals surface area contributed by atoms with Gasteiger partial charge < -0.3 is 10.1 Å². The van der Waals surface area contributed by atoms with Gasteiger partial charge in [0.15, 0.2) is 0 Å². The van der Waals surface area contributed by atoms with Crippen molar-refractivity contribution in [2.45, 2.75) is 18.9 Å². The number of rotatable bonds is 6. The van der Waals surface area contributed by atoms with E-state index < -0.39 is 29.1 Å². The van der Waals surface area contributed by atoms with Crippen molar-refractivity contribution >= 4 is 11.9 Å². The van der Waals surface area contributed by atoms with E-state index in [0.717, 1.165) is 23.1 Å². The molecule has 1 aliphatic rings. The van der Waals surface area contributed by atoms with Gasteiger partial charge in [0.2, 0.25) is 0 Å². The highest BCUT2D eigenvalue weighted by Gasteiger charge is 2.50. The monoisotopic (exact) mass is 378 g/mol. The third-order valence-corrected chi connectivity index (χ3v) is 4.35. The summed E-state index contributed by atoms with van der Waals surface area (Å²) in [4.78, 5) is 25.8. The summed E-state index contributed by atoms with van der Waals surface area (Å²) in [6, 6.07) is 7.50. The number of carbonyl (C=O) groups is 2. The van der Waals surface area contributed by atoms with Crippen LogP contribution in [-0.2, 0) is 10.3 Å². The van der Waals surface area contributed by atoms with Crippen LogP contribution in [0.5, 0.6) is 5.75 Å². The van der Waals surface area contributed by atoms with Crippen LogP contribution >= 0.6 is 0 Å². The highest BCUT2D eigenvalue weighted by Crippen LogP contribution is 2.31. The Hall–Kier alpha value is -3.03. The molecule has 3 amide bonds. The van der Waals surface area contributed by atoms with Crippen LogP contribution in [0.25, 0.3) is 0 Å². The van der Waals surface area contributed by atoms with E-state index >= 15 is 0 Å². The fraction of sp³-hybridized carbons (Fsp3) is 0.263. The van der Waals surface area contributed by atoms with E-state index in [9.17, 15) is 22.8 Å². The van der Waals surface area contributed by atoms with E-state index in [1.807, 2.05) is 0 Å². The Kier molecular flexibility index (Phi) is 5.07. The second-order valence-electron chi connectivity index (χ2n) is 6.29. The standard InChI is InChI=1S/C19H17F3N2O3/c1-19(15-11-13(21)5-8-16(15)22)17(25)24(18(26)23-19)9-2-10-27-14-6-3-12(20)4-7-14/h3-8,11H,2,9-10H2,1H3,(H,23,26). The Balaban J connectivity index is 1.63. The van der Waals surface area contributed by atoms with Crippen molar-refractivity contribution in [1.29, 1.82) is 0 Å². The van der Waals surface area contributed by atoms with Crippen LogP contribution in [0.3, 0.4) is 0 Å². The number of nitrogens with one attached hydrogen (secondary N) is 1. The Labute approximate surface area is 153 Å². The minimum Gasteiger partial charge on any atom is -0.494 e. The zero-order chi connectivity index (χ0) is 19.6. The summed E-state index contributed by atoms with van der Waals surface area (Å²) in [5.74, 6) is -2.08. The van der Waals surface area contributed by atoms with Crippen molar-refractivity contribution < 1.29 is 27.5 Å². The van der Waals surface area contributed by atoms with E-state index in [0.29, 0.717) is 12.2 Å². The third kappa shape index (κ3) is 3.74. The van der Waals surface area contributed by atoms with Gasteiger partial charge in [0.25, 0.3) is 5.91 Å². The normalized spacial score (nSPS) is 19.3. The number of benzene rings is 2. The largest absolute Gasteiger partial charge is 0.494 e. The van der Waals surface area contributed by atoms with Crippen LogP contribution < -0.4 is 10.1 Å². The minimum absolute atomic E-state index is 0.0401. The average molecular weight is 378 g/mol. The maximum atomic E-state index is 14.1. The second-order valence-corrected chi connectivity index (χ2v) is 6.29. The quantitative estimate of drug-likeness (QED) is 0.620. The lowest BCUT2D eigenvalue weighted by molar-refractivity contribution is -0.131. The van der Waals surface area contributed by atoms with Crippen LogP contribution in [0.4, 0.5) is 18.0 Å². The van der Waals surface area contributed by atoms with Crippen molar-refractivity contribution in [3.63, 3.8) is 0 Å². The van der Waals surface area contributed by atoms with Gasteiger partial charge in [-0.1, -0.05) is 0 Å². The minimum atomic E-state index is -1.68. The van der Waals surface area contributed by atoms with Crippen molar-refractivity contribution in [3.05, 3.63) is 65.5 Å². The van der Waals surface area contributed by atoms with Gasteiger partial charge in [-0.25, -0.2) is 18.0 Å². The first-order chi connectivity index (χ1) is 12.8. The number of halogens is 3. The van der Waals surface area contributed by atoms with Gasteiger partial charge in [-0.3, -0.25) is 9.69 Å². The highest BCUT2D eigenvalue weighted by atomic mass is 19.1. The van der Waals surface area contributed by atoms with Crippen molar-refractivity contribution in [2.75, 3.05) is 13.2 Å². The topological polar surface area (TPSA) is 58.6 Å². The van der Waals surface area contributed by atoms with Gasteiger partial charge in [-0.05, 0) is 55.8 Å². The molecule has 27 heavy (non-hydrogen) atoms. The van der Waals surface area contributed by atoms with Crippen LogP contribution in [-0.4, -0.2) is 30.0 Å². The van der Waals surface area contributed by atoms with E-state index in [1.54, 1.807) is 0 Å². The van der Waals surface area contributed by atoms with Gasteiger partial charge in [0.05, 0.1) is 6.61 Å². The van der Waals surface area contributed by atoms with Crippen LogP contribution in [0.15, 0.2) is 42.5 Å². The molecule has 1 atom stereocenters. The summed E-state index contributed by atoms with van der Waals surface area (Å²) in [6.45, 7) is 1.56. The number of amides is 3. The maximum absolute atomic E-state index is 14.1. The highest BCUT2D eigenvalue weighted by molar-refractivity contribution is 6.07. The molecule has 1 unspecified atom stereocenters. The van der Waals surface area contributed by atoms with E-state index in [1.165, 1.54) is 31.2 Å². The molecule has 5 nitrogen and oxygen atoms in total. The smallest absolute Gasteiger partial charge is 0.325 e. The Morgan fingerprint density at radius 3 is 2.41 bits per heavy atom. The lowest BCUT2D eigenvalue weighted by atomic mass is 9.91. The van der Waals surface area contributed by atoms with Gasteiger partial charge >= 0.3 is 6.03 Å². The summed E-state index contributed by atoms with van der Waals surface area (Å²) in [6.07, 6.45) is 0.318. The molecule has 3 rings (SSSR count). The van der Waals surface area contributed by atoms with Crippen LogP contribution in [0.1, 0.15) is 18.9 Å². The lowest BCUT2D eigenvalue weighted by Gasteiger charge is -2.22. The molecule has 0 saturated carbocycles. The number of carbonyl (C=O) groups excluding carboxylic acids is 2. The molecule has 1 N–H and O–H groups in total. The molecule has 8 heteroatoms. The molecular formula is C19H17F3N2O3. The average Bonchev–Trinajstić information content (AvgIpc) is 2.85. The molecule has 0 aromatic heterocycles. The number of ether oxygens (including phenoxy) is 1. The van der Waals surface area contributed by atoms with E-state index in [4.69, 9.17) is 4.74 Å². The molecule has 0 radical (unpaired) electrons. The molecule has 1 fully saturated rings. The van der Waals surface area contributed by atoms with Crippen molar-refractivity contribution in [1.82, 2.24) is 10.2 Å². The number of hydrogen-bond donors (Lipinski definition) is 1. The second kappa shape index (κ2) is 7.30. The molecule has 0 spiro atoms. The summed E-state index contributed by atoms with van der Waals surface area (Å²) in [5, 5.41) is 2.43. The summed E-state index contributed by atoms with van der Waals surface area (Å²) in [5.41, 5.74) is -1.91. The molecule has 2 aromatic rings. The van der Waals surface area contributed by atoms with Crippen LogP contribution in [0.2, 0.25) is 0 Å². The Morgan fingerprint density at radius 2 is 1.70 bits per heavy atom. The number of imide groups is 1. The van der Waals surface area contributed by atoms with Crippen LogP contribution in [0, 0.1) is 17.5 Å². The predicted octanol–water partition coefficient (Wildman–Crippen LogP) is 3.34. The zero-order valence-corrected chi connectivity index (χ0v) is 14.5. The Bertz CT molecular complexity index is 873. The molecule has 1 aliphatic heterocycles. The summed E-state index contributed by atoms with van der Waals surface area (Å²) >= 11 is 0. The summed E-state index contributed by atoms with van der Waals surface area (Å²) in [7, 11) is 0. The van der Waals surface area contributed by atoms with Gasteiger partial charge in [-0.15, -0.1) is 0 Å². The fourth-order valence-electron chi connectivity index (χ4n) is 2.91. The van der Waals surface area contributed by atoms with E-state index in [-0.39, 0.29) is 24.5 Å². The number of nitrogens with zero attached hydrogens (tertiary/aromatic N) is 1. The first-order valence-electron chi connectivity index (χ1n) is 8.29. The molecule has 142 valence electrons. The van der Waals surface area contributed by atoms with E-state index in [2.05, 4.69) is 5.32 Å². The van der Waals surface area contributed by atoms with Gasteiger partial charge in [0, 0.05) is 12.1 Å². The van der Waals surface area contributed by atoms with Crippen molar-refractivity contribution in [2.24, 2.45) is 0 Å². The fourth-order valence-corrected chi connectivity index (χ4v) is 2.91. The lowest BCUT2D eigenvalue weighted by Crippen LogP contribution is -2.42. The molecule has 1 saturated heterocycles. The first kappa shape index (κ1) is 18.8. The molecular weight excluding hydrogens is 361 g/mol. The maximum Gasteiger partial charge on any atom is 0.325 e. The van der Waals surface area contributed by atoms with Crippen molar-refractivity contribution in [3.8, 4) is 5.75 Å².